The lowest BCUT2D eigenvalue weighted by atomic mass is 9.67. The predicted octanol–water partition coefficient (Wildman–Crippen LogP) is 3.50. The van der Waals surface area contributed by atoms with E-state index in [0.29, 0.717) is 32.5 Å². The molecule has 0 aliphatic carbocycles. The van der Waals surface area contributed by atoms with Crippen molar-refractivity contribution in [3.8, 4) is 12.1 Å². The molecular weight excluding hydrogens is 627 g/mol. The minimum Gasteiger partial charge on any atom is -0.871 e. The highest BCUT2D eigenvalue weighted by molar-refractivity contribution is 6.28. The van der Waals surface area contributed by atoms with Crippen LogP contribution in [0.2, 0.25) is 0 Å². The van der Waals surface area contributed by atoms with Crippen molar-refractivity contribution in [2.45, 2.75) is 44.9 Å². The molecule has 0 atom stereocenters. The molecule has 0 spiro atoms. The summed E-state index contributed by atoms with van der Waals surface area (Å²) in [6, 6.07) is 46.5. The summed E-state index contributed by atoms with van der Waals surface area (Å²) in [7, 11) is -2.23. The first kappa shape index (κ1) is 38.9. The molecule has 0 aliphatic rings. The maximum absolute atomic E-state index is 10.7. The van der Waals surface area contributed by atoms with E-state index in [1.54, 1.807) is 21.9 Å². The van der Waals surface area contributed by atoms with Gasteiger partial charge in [-0.2, -0.15) is 10.5 Å². The number of hydrogen-bond acceptors (Lipinski definition) is 7. The monoisotopic (exact) mass is 670 g/mol. The topological polar surface area (TPSA) is 129 Å². The van der Waals surface area contributed by atoms with Crippen molar-refractivity contribution < 1.29 is 33.8 Å². The van der Waals surface area contributed by atoms with Crippen molar-refractivity contribution in [1.82, 2.24) is 0 Å². The summed E-state index contributed by atoms with van der Waals surface area (Å²) < 4.78 is 7.99. The summed E-state index contributed by atoms with van der Waals surface area (Å²) in [5.74, 6) is 0. The van der Waals surface area contributed by atoms with Crippen LogP contribution in [0.1, 0.15) is 54.8 Å². The smallest absolute Gasteiger partial charge is 0.248 e. The van der Waals surface area contributed by atoms with E-state index in [1.807, 2.05) is 105 Å². The molecule has 0 amide bonds. The summed E-state index contributed by atoms with van der Waals surface area (Å²) in [6.07, 6.45) is 5.70. The Bertz CT molecular complexity index is 1590. The van der Waals surface area contributed by atoms with Crippen LogP contribution in [0.25, 0.3) is 0 Å². The van der Waals surface area contributed by atoms with Crippen molar-refractivity contribution in [3.05, 3.63) is 168 Å². The molecule has 0 saturated carbocycles. The Balaban J connectivity index is 0.000000234. The normalized spacial score (nSPS) is 10.2. The second-order valence-corrected chi connectivity index (χ2v) is 10.8. The summed E-state index contributed by atoms with van der Waals surface area (Å²) in [4.78, 5) is 10.5. The molecule has 0 bridgehead atoms. The molecule has 10 heteroatoms. The van der Waals surface area contributed by atoms with Gasteiger partial charge in [0.15, 0.2) is 13.2 Å². The molecule has 50 heavy (non-hydrogen) atoms. The fourth-order valence-electron chi connectivity index (χ4n) is 5.51. The molecule has 2 aromatic heterocycles. The highest BCUT2D eigenvalue weighted by Crippen LogP contribution is 2.42. The van der Waals surface area contributed by atoms with Gasteiger partial charge >= 0.3 is 0 Å². The van der Waals surface area contributed by atoms with E-state index in [9.17, 15) is 10.0 Å². The van der Waals surface area contributed by atoms with Crippen LogP contribution in [0.15, 0.2) is 140 Å². The lowest BCUT2D eigenvalue weighted by Crippen LogP contribution is -2.48. The van der Waals surface area contributed by atoms with Crippen molar-refractivity contribution >= 4 is 7.32 Å². The van der Waals surface area contributed by atoms with E-state index in [4.69, 9.17) is 24.9 Å². The van der Waals surface area contributed by atoms with Crippen LogP contribution < -0.4 is 29.2 Å². The zero-order valence-corrected chi connectivity index (χ0v) is 28.6. The summed E-state index contributed by atoms with van der Waals surface area (Å²) in [6.45, 7) is 5.19. The summed E-state index contributed by atoms with van der Waals surface area (Å²) in [5.41, 5.74) is 4.92. The molecule has 2 heterocycles. The van der Waals surface area contributed by atoms with Gasteiger partial charge in [-0.1, -0.05) is 91.0 Å². The minimum absolute atomic E-state index is 0.159. The standard InChI is InChI=1S/C22H21BO3.2C9H11N2O/c24-23(25)26-18-10-17-22(19-11-4-1-5-12-19,20-13-6-2-7-14-20)21-15-8-3-9-16-21;2*1-2-12-11-8-4-3-5-9(11)6-7-10/h1-9,11-16H,10,17-18H2;2*3-5,8H,2,6H2,1H3/q-2;2*+1. The van der Waals surface area contributed by atoms with Gasteiger partial charge in [0.25, 0.3) is 0 Å². The van der Waals surface area contributed by atoms with Gasteiger partial charge in [-0.15, -0.1) is 0 Å². The first-order valence-corrected chi connectivity index (χ1v) is 16.6. The molecule has 0 fully saturated rings. The molecule has 0 saturated heterocycles. The molecule has 0 aliphatic heterocycles. The molecule has 0 radical (unpaired) electrons. The van der Waals surface area contributed by atoms with E-state index in [2.05, 4.69) is 48.5 Å². The van der Waals surface area contributed by atoms with Crippen LogP contribution in [0, 0.1) is 22.7 Å². The number of rotatable bonds is 14. The number of nitriles is 2. The Morgan fingerprint density at radius 2 is 0.980 bits per heavy atom. The van der Waals surface area contributed by atoms with Crippen molar-refractivity contribution in [1.29, 1.82) is 10.5 Å². The van der Waals surface area contributed by atoms with E-state index < -0.39 is 7.32 Å². The quantitative estimate of drug-likeness (QED) is 0.0766. The average molecular weight is 671 g/mol. The Morgan fingerprint density at radius 1 is 0.600 bits per heavy atom. The molecule has 0 unspecified atom stereocenters. The fraction of sp³-hybridized carbons (Fsp3) is 0.250. The zero-order valence-electron chi connectivity index (χ0n) is 28.6. The van der Waals surface area contributed by atoms with Gasteiger partial charge in [0.2, 0.25) is 23.8 Å². The van der Waals surface area contributed by atoms with Crippen molar-refractivity contribution in [2.24, 2.45) is 0 Å². The number of aromatic nitrogens is 2. The van der Waals surface area contributed by atoms with Crippen molar-refractivity contribution in [2.75, 3.05) is 19.8 Å². The van der Waals surface area contributed by atoms with E-state index >= 15 is 0 Å². The van der Waals surface area contributed by atoms with Crippen LogP contribution in [0.5, 0.6) is 0 Å². The van der Waals surface area contributed by atoms with Crippen LogP contribution >= 0.6 is 0 Å². The molecule has 5 aromatic rings. The van der Waals surface area contributed by atoms with E-state index in [0.717, 1.165) is 17.8 Å². The third-order valence-corrected chi connectivity index (χ3v) is 7.62. The second-order valence-electron chi connectivity index (χ2n) is 10.8. The van der Waals surface area contributed by atoms with E-state index in [-0.39, 0.29) is 12.0 Å². The summed E-state index contributed by atoms with van der Waals surface area (Å²) >= 11 is 0. The van der Waals surface area contributed by atoms with Gasteiger partial charge in [0.1, 0.15) is 12.8 Å². The maximum Gasteiger partial charge on any atom is 0.248 e. The molecule has 256 valence electrons. The molecule has 3 aromatic carbocycles. The third-order valence-electron chi connectivity index (χ3n) is 7.62. The van der Waals surface area contributed by atoms with Crippen LogP contribution in [-0.4, -0.2) is 27.1 Å². The number of nitrogens with zero attached hydrogens (tertiary/aromatic N) is 4. The van der Waals surface area contributed by atoms with Gasteiger partial charge in [-0.05, 0) is 55.5 Å². The van der Waals surface area contributed by atoms with Gasteiger partial charge in [0, 0.05) is 45.7 Å². The van der Waals surface area contributed by atoms with Gasteiger partial charge in [-0.3, -0.25) is 9.68 Å². The number of benzene rings is 3. The number of pyridine rings is 2. The molecule has 5 rings (SSSR count). The molecular formula is C40H43BN4O5. The Labute approximate surface area is 295 Å². The zero-order chi connectivity index (χ0) is 35.9. The fourth-order valence-corrected chi connectivity index (χ4v) is 5.51. The van der Waals surface area contributed by atoms with Crippen molar-refractivity contribution in [3.63, 3.8) is 0 Å². The lowest BCUT2D eigenvalue weighted by Gasteiger charge is -2.37. The Kier molecular flexibility index (Phi) is 17.3. The van der Waals surface area contributed by atoms with Crippen LogP contribution in [-0.2, 0) is 22.9 Å². The molecule has 9 nitrogen and oxygen atoms in total. The Hall–Kier alpha value is -5.52. The van der Waals surface area contributed by atoms with Gasteiger partial charge in [0.05, 0.1) is 19.5 Å². The minimum atomic E-state index is -2.23. The van der Waals surface area contributed by atoms with Crippen LogP contribution in [0.3, 0.4) is 0 Å². The third kappa shape index (κ3) is 11.9. The highest BCUT2D eigenvalue weighted by Gasteiger charge is 2.35. The van der Waals surface area contributed by atoms with Gasteiger partial charge in [-0.25, -0.2) is 0 Å². The first-order chi connectivity index (χ1) is 24.5. The highest BCUT2D eigenvalue weighted by atomic mass is 16.7. The van der Waals surface area contributed by atoms with Gasteiger partial charge < -0.3 is 14.7 Å². The first-order valence-electron chi connectivity index (χ1n) is 16.6. The molecule has 0 N–H and O–H groups in total. The SMILES string of the molecule is CCO[n+]1ccccc1CC#N.CCO[n+]1ccccc1CC#N.[O-]B([O-])OCCCC(c1ccccc1)(c1ccccc1)c1ccccc1. The Morgan fingerprint density at radius 3 is 1.32 bits per heavy atom. The largest absolute Gasteiger partial charge is 0.871 e. The second kappa shape index (κ2) is 22.2. The predicted molar refractivity (Wildman–Crippen MR) is 186 cm³/mol. The maximum atomic E-state index is 10.7. The average Bonchev–Trinajstić information content (AvgIpc) is 3.15. The van der Waals surface area contributed by atoms with E-state index in [1.165, 1.54) is 16.7 Å². The summed E-state index contributed by atoms with van der Waals surface area (Å²) in [5, 5.41) is 38.4. The van der Waals surface area contributed by atoms with Crippen LogP contribution in [0.4, 0.5) is 0 Å². The number of hydrogen-bond donors (Lipinski definition) is 0. The lowest BCUT2D eigenvalue weighted by molar-refractivity contribution is -0.895.